The van der Waals surface area contributed by atoms with Crippen LogP contribution in [0.15, 0.2) is 48.7 Å². The highest BCUT2D eigenvalue weighted by Crippen LogP contribution is 2.16. The molecule has 3 heteroatoms. The number of methoxy groups -OCH3 is 1. The van der Waals surface area contributed by atoms with Crippen molar-refractivity contribution in [3.05, 3.63) is 54.4 Å². The van der Waals surface area contributed by atoms with Gasteiger partial charge in [-0.2, -0.15) is 0 Å². The summed E-state index contributed by atoms with van der Waals surface area (Å²) < 4.78 is 5.13. The quantitative estimate of drug-likeness (QED) is 0.874. The van der Waals surface area contributed by atoms with Crippen LogP contribution >= 0.6 is 0 Å². The molecular weight excluding hydrogens is 224 g/mol. The Kier molecular flexibility index (Phi) is 4.18. The summed E-state index contributed by atoms with van der Waals surface area (Å²) in [5.74, 6) is 0.873. The molecule has 1 aromatic heterocycles. The van der Waals surface area contributed by atoms with E-state index in [1.54, 1.807) is 7.11 Å². The van der Waals surface area contributed by atoms with Crippen LogP contribution in [0.2, 0.25) is 0 Å². The van der Waals surface area contributed by atoms with Crippen LogP contribution in [0, 0.1) is 0 Å². The van der Waals surface area contributed by atoms with E-state index in [9.17, 15) is 0 Å². The summed E-state index contributed by atoms with van der Waals surface area (Å²) in [5, 5.41) is 3.45. The number of pyridine rings is 1. The molecule has 2 aromatic rings. The van der Waals surface area contributed by atoms with Crippen molar-refractivity contribution in [3.8, 4) is 5.75 Å². The maximum atomic E-state index is 5.13. The van der Waals surface area contributed by atoms with Crippen molar-refractivity contribution in [1.29, 1.82) is 0 Å². The van der Waals surface area contributed by atoms with E-state index in [0.29, 0.717) is 6.04 Å². The number of anilines is 1. The van der Waals surface area contributed by atoms with Gasteiger partial charge in [-0.1, -0.05) is 6.07 Å². The molecule has 0 bridgehead atoms. The first-order valence-electron chi connectivity index (χ1n) is 6.08. The molecule has 1 N–H and O–H groups in total. The van der Waals surface area contributed by atoms with Gasteiger partial charge >= 0.3 is 0 Å². The van der Waals surface area contributed by atoms with Crippen molar-refractivity contribution >= 4 is 5.69 Å². The molecule has 0 saturated heterocycles. The molecule has 18 heavy (non-hydrogen) atoms. The smallest absolute Gasteiger partial charge is 0.119 e. The van der Waals surface area contributed by atoms with Crippen LogP contribution in [0.4, 0.5) is 5.69 Å². The Balaban J connectivity index is 1.92. The highest BCUT2D eigenvalue weighted by atomic mass is 16.5. The Hall–Kier alpha value is -2.03. The fourth-order valence-corrected chi connectivity index (χ4v) is 1.86. The zero-order chi connectivity index (χ0) is 12.8. The molecule has 0 fully saturated rings. The van der Waals surface area contributed by atoms with Gasteiger partial charge in [0.05, 0.1) is 7.11 Å². The zero-order valence-corrected chi connectivity index (χ0v) is 10.8. The number of hydrogen-bond acceptors (Lipinski definition) is 3. The van der Waals surface area contributed by atoms with Gasteiger partial charge in [0.25, 0.3) is 0 Å². The van der Waals surface area contributed by atoms with Crippen LogP contribution in [-0.4, -0.2) is 18.1 Å². The number of rotatable bonds is 5. The first-order valence-corrected chi connectivity index (χ1v) is 6.08. The van der Waals surface area contributed by atoms with Crippen LogP contribution in [0.5, 0.6) is 5.75 Å². The highest BCUT2D eigenvalue weighted by Gasteiger charge is 2.04. The first-order chi connectivity index (χ1) is 8.78. The van der Waals surface area contributed by atoms with E-state index in [1.807, 2.05) is 48.7 Å². The lowest BCUT2D eigenvalue weighted by Gasteiger charge is -2.15. The average molecular weight is 242 g/mol. The molecule has 0 saturated carbocycles. The topological polar surface area (TPSA) is 34.1 Å². The standard InChI is InChI=1S/C15H18N2O/c1-12(11-14-5-3-4-10-16-14)17-13-6-8-15(18-2)9-7-13/h3-10,12,17H,11H2,1-2H3. The van der Waals surface area contributed by atoms with E-state index in [-0.39, 0.29) is 0 Å². The van der Waals surface area contributed by atoms with Gasteiger partial charge in [-0.15, -0.1) is 0 Å². The van der Waals surface area contributed by atoms with Crippen LogP contribution in [-0.2, 0) is 6.42 Å². The molecule has 3 nitrogen and oxygen atoms in total. The van der Waals surface area contributed by atoms with E-state index in [4.69, 9.17) is 4.74 Å². The molecule has 1 aromatic carbocycles. The third-order valence-corrected chi connectivity index (χ3v) is 2.74. The van der Waals surface area contributed by atoms with E-state index >= 15 is 0 Å². The largest absolute Gasteiger partial charge is 0.497 e. The fourth-order valence-electron chi connectivity index (χ4n) is 1.86. The van der Waals surface area contributed by atoms with Crippen LogP contribution in [0.1, 0.15) is 12.6 Å². The molecule has 0 aliphatic carbocycles. The lowest BCUT2D eigenvalue weighted by molar-refractivity contribution is 0.415. The van der Waals surface area contributed by atoms with Gasteiger partial charge in [0, 0.05) is 30.0 Å². The number of benzene rings is 1. The van der Waals surface area contributed by atoms with Gasteiger partial charge in [0.15, 0.2) is 0 Å². The van der Waals surface area contributed by atoms with Crippen molar-refractivity contribution in [3.63, 3.8) is 0 Å². The van der Waals surface area contributed by atoms with E-state index in [2.05, 4.69) is 17.2 Å². The normalized spacial score (nSPS) is 11.9. The number of hydrogen-bond donors (Lipinski definition) is 1. The Morgan fingerprint density at radius 1 is 1.17 bits per heavy atom. The summed E-state index contributed by atoms with van der Waals surface area (Å²) in [6, 6.07) is 14.3. The number of nitrogens with one attached hydrogen (secondary N) is 1. The summed E-state index contributed by atoms with van der Waals surface area (Å²) in [6.07, 6.45) is 2.74. The summed E-state index contributed by atoms with van der Waals surface area (Å²) >= 11 is 0. The van der Waals surface area contributed by atoms with Gasteiger partial charge in [-0.05, 0) is 43.3 Å². The van der Waals surface area contributed by atoms with Gasteiger partial charge < -0.3 is 10.1 Å². The summed E-state index contributed by atoms with van der Waals surface area (Å²) in [4.78, 5) is 4.33. The maximum absolute atomic E-state index is 5.13. The zero-order valence-electron chi connectivity index (χ0n) is 10.8. The molecule has 0 aliphatic rings. The van der Waals surface area contributed by atoms with E-state index in [0.717, 1.165) is 23.6 Å². The Bertz CT molecular complexity index is 468. The highest BCUT2D eigenvalue weighted by molar-refractivity contribution is 5.47. The minimum absolute atomic E-state index is 0.341. The lowest BCUT2D eigenvalue weighted by Crippen LogP contribution is -2.18. The maximum Gasteiger partial charge on any atom is 0.119 e. The van der Waals surface area contributed by atoms with Gasteiger partial charge in [0.2, 0.25) is 0 Å². The van der Waals surface area contributed by atoms with Crippen molar-refractivity contribution in [1.82, 2.24) is 4.98 Å². The van der Waals surface area contributed by atoms with E-state index < -0.39 is 0 Å². The van der Waals surface area contributed by atoms with Crippen molar-refractivity contribution in [2.24, 2.45) is 0 Å². The molecule has 1 unspecified atom stereocenters. The Labute approximate surface area is 108 Å². The molecule has 0 spiro atoms. The van der Waals surface area contributed by atoms with Crippen LogP contribution in [0.3, 0.4) is 0 Å². The van der Waals surface area contributed by atoms with Crippen LogP contribution < -0.4 is 10.1 Å². The minimum Gasteiger partial charge on any atom is -0.497 e. The molecular formula is C15H18N2O. The number of aromatic nitrogens is 1. The molecule has 0 aliphatic heterocycles. The summed E-state index contributed by atoms with van der Waals surface area (Å²) in [5.41, 5.74) is 2.20. The summed E-state index contributed by atoms with van der Waals surface area (Å²) in [7, 11) is 1.67. The van der Waals surface area contributed by atoms with E-state index in [1.165, 1.54) is 0 Å². The second-order valence-corrected chi connectivity index (χ2v) is 4.30. The monoisotopic (exact) mass is 242 g/mol. The molecule has 1 atom stereocenters. The second-order valence-electron chi connectivity index (χ2n) is 4.30. The van der Waals surface area contributed by atoms with Crippen molar-refractivity contribution in [2.45, 2.75) is 19.4 Å². The molecule has 0 radical (unpaired) electrons. The number of ether oxygens (including phenoxy) is 1. The predicted molar refractivity (Wildman–Crippen MR) is 74.0 cm³/mol. The SMILES string of the molecule is COc1ccc(NC(C)Cc2ccccn2)cc1. The molecule has 1 heterocycles. The average Bonchev–Trinajstić information content (AvgIpc) is 2.40. The second kappa shape index (κ2) is 6.05. The minimum atomic E-state index is 0.341. The van der Waals surface area contributed by atoms with Gasteiger partial charge in [0.1, 0.15) is 5.75 Å². The van der Waals surface area contributed by atoms with Crippen molar-refractivity contribution in [2.75, 3.05) is 12.4 Å². The number of nitrogens with zero attached hydrogens (tertiary/aromatic N) is 1. The lowest BCUT2D eigenvalue weighted by atomic mass is 10.1. The van der Waals surface area contributed by atoms with Gasteiger partial charge in [-0.3, -0.25) is 4.98 Å². The third kappa shape index (κ3) is 3.48. The molecule has 2 rings (SSSR count). The Morgan fingerprint density at radius 2 is 1.94 bits per heavy atom. The van der Waals surface area contributed by atoms with Crippen molar-refractivity contribution < 1.29 is 4.74 Å². The fraction of sp³-hybridized carbons (Fsp3) is 0.267. The van der Waals surface area contributed by atoms with Crippen LogP contribution in [0.25, 0.3) is 0 Å². The van der Waals surface area contributed by atoms with Gasteiger partial charge in [-0.25, -0.2) is 0 Å². The predicted octanol–water partition coefficient (Wildman–Crippen LogP) is 3.13. The summed E-state index contributed by atoms with van der Waals surface area (Å²) in [6.45, 7) is 2.15. The molecule has 94 valence electrons. The first kappa shape index (κ1) is 12.4. The molecule has 0 amide bonds. The Morgan fingerprint density at radius 3 is 2.56 bits per heavy atom. The third-order valence-electron chi connectivity index (χ3n) is 2.74.